The Morgan fingerprint density at radius 2 is 0.730 bits per heavy atom. The van der Waals surface area contributed by atoms with Crippen LogP contribution < -0.4 is 0 Å². The molecule has 0 aliphatic rings. The Kier molecular flexibility index (Phi) is 25.0. The van der Waals surface area contributed by atoms with Crippen molar-refractivity contribution in [1.29, 1.82) is 0 Å². The summed E-state index contributed by atoms with van der Waals surface area (Å²) in [5.74, 6) is 0. The van der Waals surface area contributed by atoms with Crippen LogP contribution in [0.15, 0.2) is 0 Å². The van der Waals surface area contributed by atoms with Crippen LogP contribution in [0.2, 0.25) is 24.2 Å². The van der Waals surface area contributed by atoms with Crippen molar-refractivity contribution in [2.45, 2.75) is 192 Å². The predicted molar refractivity (Wildman–Crippen MR) is 177 cm³/mol. The second-order valence-corrected chi connectivity index (χ2v) is 22.1. The van der Waals surface area contributed by atoms with E-state index in [4.69, 9.17) is 8.85 Å². The second-order valence-electron chi connectivity index (χ2n) is 11.6. The molecule has 224 valence electrons. The standard InChI is InChI=1S/C32H70O2SSi2/c1-9-17-23-31(36(27-19-11-3,28-20-12-4)33-25-15-7)35-32(24-18-10-2)37(29-21-13-5,30-22-14-6)34-26-16-8/h31-32H,9-30H2,1-8H3. The lowest BCUT2D eigenvalue weighted by Gasteiger charge is -2.45. The van der Waals surface area contributed by atoms with Gasteiger partial charge in [-0.3, -0.25) is 0 Å². The third-order valence-electron chi connectivity index (χ3n) is 8.14. The van der Waals surface area contributed by atoms with Gasteiger partial charge in [-0.2, -0.15) is 11.8 Å². The van der Waals surface area contributed by atoms with Crippen molar-refractivity contribution in [1.82, 2.24) is 0 Å². The van der Waals surface area contributed by atoms with Crippen LogP contribution in [-0.2, 0) is 8.85 Å². The largest absolute Gasteiger partial charge is 0.416 e. The van der Waals surface area contributed by atoms with Crippen molar-refractivity contribution < 1.29 is 8.85 Å². The van der Waals surface area contributed by atoms with E-state index < -0.39 is 16.6 Å². The molecular weight excluding hydrogens is 505 g/mol. The van der Waals surface area contributed by atoms with Crippen LogP contribution in [0.4, 0.5) is 0 Å². The minimum absolute atomic E-state index is 0.735. The van der Waals surface area contributed by atoms with Gasteiger partial charge in [0.1, 0.15) is 0 Å². The summed E-state index contributed by atoms with van der Waals surface area (Å²) in [6, 6.07) is 5.50. The predicted octanol–water partition coefficient (Wildman–Crippen LogP) is 11.9. The highest BCUT2D eigenvalue weighted by Crippen LogP contribution is 2.44. The van der Waals surface area contributed by atoms with Crippen molar-refractivity contribution in [3.8, 4) is 0 Å². The van der Waals surface area contributed by atoms with Crippen LogP contribution in [0.1, 0.15) is 158 Å². The maximum atomic E-state index is 7.20. The number of rotatable bonds is 28. The molecule has 0 aromatic heterocycles. The number of unbranched alkanes of at least 4 members (excludes halogenated alkanes) is 6. The maximum Gasteiger partial charge on any atom is 0.205 e. The molecule has 0 saturated heterocycles. The average molecular weight is 575 g/mol. The quantitative estimate of drug-likeness (QED) is 0.0866. The van der Waals surface area contributed by atoms with Crippen LogP contribution in [0.5, 0.6) is 0 Å². The first-order valence-corrected chi connectivity index (χ1v) is 22.7. The minimum Gasteiger partial charge on any atom is -0.416 e. The van der Waals surface area contributed by atoms with Gasteiger partial charge in [0.15, 0.2) is 0 Å². The van der Waals surface area contributed by atoms with E-state index in [-0.39, 0.29) is 0 Å². The van der Waals surface area contributed by atoms with E-state index in [1.54, 1.807) is 0 Å². The Morgan fingerprint density at radius 1 is 0.432 bits per heavy atom. The molecule has 0 amide bonds. The Labute approximate surface area is 241 Å². The Balaban J connectivity index is 6.58. The Hall–Kier alpha value is 0.704. The van der Waals surface area contributed by atoms with Gasteiger partial charge in [-0.15, -0.1) is 0 Å². The van der Waals surface area contributed by atoms with Crippen LogP contribution in [0.3, 0.4) is 0 Å². The second kappa shape index (κ2) is 24.5. The molecule has 0 saturated carbocycles. The monoisotopic (exact) mass is 574 g/mol. The summed E-state index contributed by atoms with van der Waals surface area (Å²) >= 11 is 2.46. The van der Waals surface area contributed by atoms with E-state index in [1.807, 2.05) is 0 Å². The third kappa shape index (κ3) is 14.8. The van der Waals surface area contributed by atoms with Crippen LogP contribution in [0, 0.1) is 0 Å². The summed E-state index contributed by atoms with van der Waals surface area (Å²) in [5, 5.41) is 0. The van der Waals surface area contributed by atoms with Gasteiger partial charge >= 0.3 is 0 Å². The van der Waals surface area contributed by atoms with Gasteiger partial charge in [0, 0.05) is 23.0 Å². The van der Waals surface area contributed by atoms with Gasteiger partial charge in [0.2, 0.25) is 16.6 Å². The maximum absolute atomic E-state index is 7.20. The summed E-state index contributed by atoms with van der Waals surface area (Å²) in [7, 11) is -3.74. The molecule has 0 aromatic rings. The highest BCUT2D eigenvalue weighted by Gasteiger charge is 2.48. The molecule has 2 nitrogen and oxygen atoms in total. The molecule has 0 rings (SSSR count). The highest BCUT2D eigenvalue weighted by molar-refractivity contribution is 8.03. The summed E-state index contributed by atoms with van der Waals surface area (Å²) in [6.45, 7) is 20.9. The van der Waals surface area contributed by atoms with Crippen LogP contribution in [0.25, 0.3) is 0 Å². The smallest absolute Gasteiger partial charge is 0.205 e. The molecule has 0 radical (unpaired) electrons. The van der Waals surface area contributed by atoms with Crippen LogP contribution >= 0.6 is 11.8 Å². The van der Waals surface area contributed by atoms with E-state index in [0.29, 0.717) is 0 Å². The molecule has 0 spiro atoms. The SMILES string of the molecule is CCCCC(SC(CCCC)[Si](CCCC)(CCCC)OCCC)[Si](CCCC)(CCCC)OCCC. The summed E-state index contributed by atoms with van der Waals surface area (Å²) in [4.78, 5) is 1.47. The lowest BCUT2D eigenvalue weighted by molar-refractivity contribution is 0.289. The zero-order chi connectivity index (χ0) is 27.8. The Bertz CT molecular complexity index is 406. The average Bonchev–Trinajstić information content (AvgIpc) is 2.92. The molecule has 0 N–H and O–H groups in total. The third-order valence-corrected chi connectivity index (χ3v) is 21.9. The fraction of sp³-hybridized carbons (Fsp3) is 1.00. The lowest BCUT2D eigenvalue weighted by Crippen LogP contribution is -2.54. The summed E-state index contributed by atoms with van der Waals surface area (Å²) in [6.07, 6.45) is 21.0. The molecular formula is C32H70O2SSi2. The number of thioether (sulfide) groups is 1. The van der Waals surface area contributed by atoms with Gasteiger partial charge in [-0.05, 0) is 49.9 Å². The summed E-state index contributed by atoms with van der Waals surface area (Å²) < 4.78 is 14.4. The molecule has 2 unspecified atom stereocenters. The fourth-order valence-electron chi connectivity index (χ4n) is 5.77. The van der Waals surface area contributed by atoms with Crippen molar-refractivity contribution in [3.63, 3.8) is 0 Å². The highest BCUT2D eigenvalue weighted by atomic mass is 32.2. The lowest BCUT2D eigenvalue weighted by atomic mass is 10.3. The summed E-state index contributed by atoms with van der Waals surface area (Å²) in [5.41, 5.74) is 0. The van der Waals surface area contributed by atoms with Crippen molar-refractivity contribution in [2.75, 3.05) is 13.2 Å². The first-order valence-electron chi connectivity index (χ1n) is 16.9. The van der Waals surface area contributed by atoms with E-state index in [1.165, 1.54) is 114 Å². The Morgan fingerprint density at radius 3 is 0.973 bits per heavy atom. The van der Waals surface area contributed by atoms with E-state index >= 15 is 0 Å². The molecule has 0 heterocycles. The molecule has 5 heteroatoms. The van der Waals surface area contributed by atoms with E-state index in [0.717, 1.165) is 35.8 Å². The topological polar surface area (TPSA) is 18.5 Å². The van der Waals surface area contributed by atoms with Gasteiger partial charge in [0.05, 0.1) is 0 Å². The molecule has 0 aliphatic heterocycles. The van der Waals surface area contributed by atoms with Gasteiger partial charge in [-0.25, -0.2) is 0 Å². The molecule has 0 bridgehead atoms. The van der Waals surface area contributed by atoms with Crippen molar-refractivity contribution in [2.24, 2.45) is 0 Å². The first-order chi connectivity index (χ1) is 18.0. The first kappa shape index (κ1) is 37.7. The van der Waals surface area contributed by atoms with E-state index in [9.17, 15) is 0 Å². The molecule has 0 aliphatic carbocycles. The molecule has 0 fully saturated rings. The minimum atomic E-state index is -1.87. The van der Waals surface area contributed by atoms with Crippen molar-refractivity contribution in [3.05, 3.63) is 0 Å². The van der Waals surface area contributed by atoms with Crippen molar-refractivity contribution >= 4 is 28.4 Å². The molecule has 0 aromatic carbocycles. The number of hydrogen-bond donors (Lipinski definition) is 0. The number of hydrogen-bond acceptors (Lipinski definition) is 3. The van der Waals surface area contributed by atoms with Gasteiger partial charge in [-0.1, -0.05) is 132 Å². The van der Waals surface area contributed by atoms with Crippen LogP contribution in [-0.4, -0.2) is 39.6 Å². The van der Waals surface area contributed by atoms with E-state index in [2.05, 4.69) is 67.2 Å². The normalized spacial score (nSPS) is 14.3. The van der Waals surface area contributed by atoms with Gasteiger partial charge in [0.25, 0.3) is 0 Å². The fourth-order valence-corrected chi connectivity index (χ4v) is 21.2. The van der Waals surface area contributed by atoms with Gasteiger partial charge < -0.3 is 8.85 Å². The zero-order valence-corrected chi connectivity index (χ0v) is 29.8. The zero-order valence-electron chi connectivity index (χ0n) is 26.9. The molecule has 37 heavy (non-hydrogen) atoms. The molecule has 2 atom stereocenters.